The maximum Gasteiger partial charge on any atom is 0.212 e. The summed E-state index contributed by atoms with van der Waals surface area (Å²) in [6, 6.07) is 18.0. The average Bonchev–Trinajstić information content (AvgIpc) is 2.54. The predicted molar refractivity (Wildman–Crippen MR) is 96.3 cm³/mol. The molecule has 0 saturated heterocycles. The molecule has 0 aromatic heterocycles. The topological polar surface area (TPSA) is 18.5 Å². The highest BCUT2D eigenvalue weighted by Gasteiger charge is 2.41. The molecule has 2 aromatic rings. The van der Waals surface area contributed by atoms with Crippen molar-refractivity contribution >= 4 is 6.08 Å². The summed E-state index contributed by atoms with van der Waals surface area (Å²) in [5.41, 5.74) is 2.02. The van der Waals surface area contributed by atoms with Crippen molar-refractivity contribution in [3.05, 3.63) is 72.3 Å². The van der Waals surface area contributed by atoms with Gasteiger partial charge in [-0.05, 0) is 23.3 Å². The lowest BCUT2D eigenvalue weighted by molar-refractivity contribution is -0.236. The Morgan fingerprint density at radius 2 is 1.52 bits per heavy atom. The normalized spacial score (nSPS) is 14.1. The molecule has 0 heterocycles. The molecule has 0 radical (unpaired) electrons. The molecule has 0 aliphatic carbocycles. The molecule has 2 aromatic carbocycles. The zero-order chi connectivity index (χ0) is 16.9. The number of rotatable bonds is 6. The molecule has 0 amide bonds. The van der Waals surface area contributed by atoms with Crippen LogP contribution in [0.5, 0.6) is 5.75 Å². The van der Waals surface area contributed by atoms with Gasteiger partial charge in [0.05, 0.1) is 6.61 Å². The summed E-state index contributed by atoms with van der Waals surface area (Å²) in [4.78, 5) is 0. The summed E-state index contributed by atoms with van der Waals surface area (Å²) in [6.45, 7) is 12.6. The van der Waals surface area contributed by atoms with Gasteiger partial charge in [-0.3, -0.25) is 0 Å². The van der Waals surface area contributed by atoms with E-state index in [-0.39, 0.29) is 5.41 Å². The van der Waals surface area contributed by atoms with E-state index >= 15 is 0 Å². The van der Waals surface area contributed by atoms with Crippen LogP contribution in [0.15, 0.2) is 61.2 Å². The second-order valence-electron chi connectivity index (χ2n) is 6.85. The molecule has 0 spiro atoms. The summed E-state index contributed by atoms with van der Waals surface area (Å²) >= 11 is 0. The van der Waals surface area contributed by atoms with Crippen molar-refractivity contribution in [2.24, 2.45) is 5.41 Å². The average molecular weight is 310 g/mol. The fraction of sp³-hybridized carbons (Fsp3) is 0.333. The minimum atomic E-state index is -0.738. The molecule has 0 fully saturated rings. The summed E-state index contributed by atoms with van der Waals surface area (Å²) in [5.74, 6) is 0.0551. The van der Waals surface area contributed by atoms with Crippen molar-refractivity contribution < 1.29 is 9.47 Å². The van der Waals surface area contributed by atoms with Crippen LogP contribution in [0.3, 0.4) is 0 Å². The molecule has 2 rings (SSSR count). The third-order valence-corrected chi connectivity index (χ3v) is 4.15. The summed E-state index contributed by atoms with van der Waals surface area (Å²) in [7, 11) is 0. The Labute approximate surface area is 139 Å². The van der Waals surface area contributed by atoms with Gasteiger partial charge in [-0.25, -0.2) is 0 Å². The van der Waals surface area contributed by atoms with Crippen molar-refractivity contribution in [1.29, 1.82) is 0 Å². The second-order valence-corrected chi connectivity index (χ2v) is 6.85. The van der Waals surface area contributed by atoms with Gasteiger partial charge in [0.2, 0.25) is 5.79 Å². The molecule has 122 valence electrons. The molecule has 0 aliphatic heterocycles. The van der Waals surface area contributed by atoms with Gasteiger partial charge in [-0.1, -0.05) is 75.9 Å². The molecule has 0 saturated carbocycles. The van der Waals surface area contributed by atoms with Crippen LogP contribution < -0.4 is 4.74 Å². The highest BCUT2D eigenvalue weighted by atomic mass is 16.7. The first-order valence-electron chi connectivity index (χ1n) is 7.93. The van der Waals surface area contributed by atoms with Gasteiger partial charge in [0.25, 0.3) is 0 Å². The zero-order valence-corrected chi connectivity index (χ0v) is 14.5. The van der Waals surface area contributed by atoms with Gasteiger partial charge in [0.1, 0.15) is 5.75 Å². The van der Waals surface area contributed by atoms with Crippen molar-refractivity contribution in [2.75, 3.05) is 0 Å². The fourth-order valence-electron chi connectivity index (χ4n) is 2.09. The van der Waals surface area contributed by atoms with Crippen LogP contribution in [0.4, 0.5) is 0 Å². The highest BCUT2D eigenvalue weighted by Crippen LogP contribution is 2.36. The van der Waals surface area contributed by atoms with E-state index in [0.29, 0.717) is 6.61 Å². The van der Waals surface area contributed by atoms with E-state index in [1.165, 1.54) is 0 Å². The third kappa shape index (κ3) is 4.46. The Bertz CT molecular complexity index is 623. The summed E-state index contributed by atoms with van der Waals surface area (Å²) in [6.07, 6.45) is 1.82. The van der Waals surface area contributed by atoms with Gasteiger partial charge in [0.15, 0.2) is 0 Å². The van der Waals surface area contributed by atoms with Gasteiger partial charge in [-0.2, -0.15) is 0 Å². The Morgan fingerprint density at radius 3 is 2.04 bits per heavy atom. The Kier molecular flexibility index (Phi) is 5.27. The van der Waals surface area contributed by atoms with Crippen LogP contribution in [-0.4, -0.2) is 5.79 Å². The summed E-state index contributed by atoms with van der Waals surface area (Å²) in [5, 5.41) is 0. The quantitative estimate of drug-likeness (QED) is 0.638. The maximum absolute atomic E-state index is 6.23. The van der Waals surface area contributed by atoms with Gasteiger partial charge in [-0.15, -0.1) is 0 Å². The van der Waals surface area contributed by atoms with E-state index in [9.17, 15) is 0 Å². The third-order valence-electron chi connectivity index (χ3n) is 4.15. The Morgan fingerprint density at radius 1 is 0.913 bits per heavy atom. The lowest BCUT2D eigenvalue weighted by Crippen LogP contribution is -2.47. The van der Waals surface area contributed by atoms with Crippen LogP contribution in [0.2, 0.25) is 0 Å². The lowest BCUT2D eigenvalue weighted by Gasteiger charge is -2.41. The van der Waals surface area contributed by atoms with Crippen molar-refractivity contribution in [2.45, 2.75) is 40.1 Å². The smallest absolute Gasteiger partial charge is 0.212 e. The van der Waals surface area contributed by atoms with E-state index < -0.39 is 5.79 Å². The number of benzene rings is 2. The number of ether oxygens (including phenoxy) is 2. The largest absolute Gasteiger partial charge is 0.462 e. The molecule has 0 bridgehead atoms. The van der Waals surface area contributed by atoms with Crippen LogP contribution >= 0.6 is 0 Å². The first-order valence-corrected chi connectivity index (χ1v) is 7.93. The molecular weight excluding hydrogens is 284 g/mol. The first-order chi connectivity index (χ1) is 10.8. The van der Waals surface area contributed by atoms with Crippen molar-refractivity contribution in [3.63, 3.8) is 0 Å². The number of hydrogen-bond donors (Lipinski definition) is 0. The lowest BCUT2D eigenvalue weighted by atomic mass is 9.86. The highest BCUT2D eigenvalue weighted by molar-refractivity contribution is 5.48. The van der Waals surface area contributed by atoms with E-state index in [2.05, 4.69) is 39.5 Å². The van der Waals surface area contributed by atoms with Crippen LogP contribution in [0.1, 0.15) is 38.8 Å². The Hall–Kier alpha value is -2.06. The van der Waals surface area contributed by atoms with E-state index in [1.807, 2.05) is 55.5 Å². The van der Waals surface area contributed by atoms with Gasteiger partial charge in [0, 0.05) is 12.3 Å². The number of hydrogen-bond acceptors (Lipinski definition) is 2. The van der Waals surface area contributed by atoms with E-state index in [4.69, 9.17) is 9.47 Å². The standard InChI is InChI=1S/C21H26O2/c1-6-17-12-14-19(15-13-17)23-21(5,20(2,3)4)22-16-18-10-8-7-9-11-18/h6-15H,1,16H2,2-5H3. The molecule has 2 nitrogen and oxygen atoms in total. The van der Waals surface area contributed by atoms with Crippen LogP contribution in [-0.2, 0) is 11.3 Å². The fourth-order valence-corrected chi connectivity index (χ4v) is 2.09. The zero-order valence-electron chi connectivity index (χ0n) is 14.5. The molecule has 0 N–H and O–H groups in total. The minimum Gasteiger partial charge on any atom is -0.462 e. The Balaban J connectivity index is 2.16. The SMILES string of the molecule is C=Cc1ccc(OC(C)(OCc2ccccc2)C(C)(C)C)cc1. The molecule has 2 heteroatoms. The monoisotopic (exact) mass is 310 g/mol. The van der Waals surface area contributed by atoms with E-state index in [0.717, 1.165) is 16.9 Å². The summed E-state index contributed by atoms with van der Waals surface area (Å²) < 4.78 is 12.4. The van der Waals surface area contributed by atoms with Crippen LogP contribution in [0, 0.1) is 5.41 Å². The van der Waals surface area contributed by atoms with E-state index in [1.54, 1.807) is 0 Å². The second kappa shape index (κ2) is 7.01. The molecular formula is C21H26O2. The molecule has 0 aliphatic rings. The van der Waals surface area contributed by atoms with Crippen molar-refractivity contribution in [3.8, 4) is 5.75 Å². The maximum atomic E-state index is 6.23. The van der Waals surface area contributed by atoms with Gasteiger partial charge < -0.3 is 9.47 Å². The first kappa shape index (κ1) is 17.3. The van der Waals surface area contributed by atoms with Gasteiger partial charge >= 0.3 is 0 Å². The van der Waals surface area contributed by atoms with Crippen molar-refractivity contribution in [1.82, 2.24) is 0 Å². The molecule has 1 unspecified atom stereocenters. The van der Waals surface area contributed by atoms with Crippen LogP contribution in [0.25, 0.3) is 6.08 Å². The molecule has 1 atom stereocenters. The predicted octanol–water partition coefficient (Wildman–Crippen LogP) is 5.69. The minimum absolute atomic E-state index is 0.182. The molecule has 23 heavy (non-hydrogen) atoms.